The first-order chi connectivity index (χ1) is 10.6. The Morgan fingerprint density at radius 3 is 2.77 bits per heavy atom. The van der Waals surface area contributed by atoms with Crippen LogP contribution in [0.15, 0.2) is 14.9 Å². The summed E-state index contributed by atoms with van der Waals surface area (Å²) in [6, 6.07) is 0. The van der Waals surface area contributed by atoms with Gasteiger partial charge in [-0.3, -0.25) is 0 Å². The highest BCUT2D eigenvalue weighted by Gasteiger charge is 2.06. The quantitative estimate of drug-likeness (QED) is 0.609. The lowest BCUT2D eigenvalue weighted by molar-refractivity contribution is 0.387. The molecule has 0 atom stereocenters. The average molecular weight is 323 g/mol. The summed E-state index contributed by atoms with van der Waals surface area (Å²) in [6.07, 6.45) is 0. The van der Waals surface area contributed by atoms with Crippen molar-refractivity contribution in [2.45, 2.75) is 26.9 Å². The number of aryl methyl sites for hydroxylation is 1. The van der Waals surface area contributed by atoms with Gasteiger partial charge in [0.25, 0.3) is 0 Å². The number of hydrogen-bond acceptors (Lipinski definition) is 7. The molecule has 0 aromatic carbocycles. The maximum absolute atomic E-state index is 4.94. The summed E-state index contributed by atoms with van der Waals surface area (Å²) in [4.78, 5) is 15.1. The number of nitrogens with zero attached hydrogens (tertiary/aromatic N) is 5. The van der Waals surface area contributed by atoms with Crippen molar-refractivity contribution < 1.29 is 4.52 Å². The highest BCUT2D eigenvalue weighted by atomic mass is 32.1. The van der Waals surface area contributed by atoms with E-state index >= 15 is 0 Å². The van der Waals surface area contributed by atoms with Crippen LogP contribution in [0.1, 0.15) is 24.3 Å². The molecule has 0 spiro atoms. The Balaban J connectivity index is 1.93. The smallest absolute Gasteiger partial charge is 0.223 e. The third-order valence-electron chi connectivity index (χ3n) is 2.65. The fourth-order valence-corrected chi connectivity index (χ4v) is 2.40. The minimum Gasteiger partial charge on any atom is -0.357 e. The van der Waals surface area contributed by atoms with Crippen LogP contribution in [0.4, 0.5) is 5.13 Å². The number of guanidine groups is 1. The van der Waals surface area contributed by atoms with Crippen molar-refractivity contribution in [1.29, 1.82) is 0 Å². The van der Waals surface area contributed by atoms with Gasteiger partial charge in [-0.25, -0.2) is 9.98 Å². The van der Waals surface area contributed by atoms with Crippen molar-refractivity contribution in [2.24, 2.45) is 4.99 Å². The van der Waals surface area contributed by atoms with Crippen molar-refractivity contribution in [3.05, 3.63) is 22.8 Å². The van der Waals surface area contributed by atoms with Crippen molar-refractivity contribution in [1.82, 2.24) is 25.8 Å². The predicted molar refractivity (Wildman–Crippen MR) is 87.1 cm³/mol. The van der Waals surface area contributed by atoms with Crippen LogP contribution in [0.5, 0.6) is 0 Å². The third kappa shape index (κ3) is 4.69. The second kappa shape index (κ2) is 7.74. The maximum Gasteiger partial charge on any atom is 0.223 e. The number of nitrogens with one attached hydrogen (secondary N) is 2. The van der Waals surface area contributed by atoms with E-state index in [9.17, 15) is 0 Å². The molecule has 120 valence electrons. The SMILES string of the molecule is CCNC(=NCc1csc(N(C)C)n1)NCc1noc(C)n1. The minimum absolute atomic E-state index is 0.461. The molecule has 2 N–H and O–H groups in total. The number of aromatic nitrogens is 3. The standard InChI is InChI=1S/C13H21N7OS/c1-5-14-12(16-7-11-17-9(2)21-19-11)15-6-10-8-22-13(18-10)20(3)4/h8H,5-7H2,1-4H3,(H2,14,15,16). The Labute approximate surface area is 133 Å². The minimum atomic E-state index is 0.461. The van der Waals surface area contributed by atoms with E-state index in [4.69, 9.17) is 4.52 Å². The molecule has 8 nitrogen and oxygen atoms in total. The number of rotatable bonds is 6. The van der Waals surface area contributed by atoms with E-state index in [0.717, 1.165) is 17.4 Å². The fourth-order valence-electron chi connectivity index (χ4n) is 1.65. The van der Waals surface area contributed by atoms with Crippen LogP contribution in [0, 0.1) is 6.92 Å². The second-order valence-electron chi connectivity index (χ2n) is 4.79. The van der Waals surface area contributed by atoms with Crippen molar-refractivity contribution in [3.8, 4) is 0 Å². The molecular weight excluding hydrogens is 302 g/mol. The van der Waals surface area contributed by atoms with Gasteiger partial charge in [-0.15, -0.1) is 11.3 Å². The highest BCUT2D eigenvalue weighted by molar-refractivity contribution is 7.13. The van der Waals surface area contributed by atoms with Gasteiger partial charge in [0.1, 0.15) is 0 Å². The summed E-state index contributed by atoms with van der Waals surface area (Å²) >= 11 is 1.61. The van der Waals surface area contributed by atoms with Gasteiger partial charge in [-0.2, -0.15) is 4.98 Å². The van der Waals surface area contributed by atoms with Crippen LogP contribution in [0.25, 0.3) is 0 Å². The molecule has 0 bridgehead atoms. The Hall–Kier alpha value is -2.16. The summed E-state index contributed by atoms with van der Waals surface area (Å²) in [5.74, 6) is 1.86. The molecule has 0 radical (unpaired) electrons. The third-order valence-corrected chi connectivity index (χ3v) is 3.71. The lowest BCUT2D eigenvalue weighted by Gasteiger charge is -2.09. The van der Waals surface area contributed by atoms with Crippen LogP contribution in [-0.4, -0.2) is 41.7 Å². The summed E-state index contributed by atoms with van der Waals surface area (Å²) in [5, 5.41) is 13.2. The van der Waals surface area contributed by atoms with Gasteiger partial charge in [0.15, 0.2) is 16.9 Å². The van der Waals surface area contributed by atoms with E-state index in [0.29, 0.717) is 30.8 Å². The van der Waals surface area contributed by atoms with E-state index in [2.05, 4.69) is 30.8 Å². The molecule has 2 aromatic heterocycles. The first-order valence-corrected chi connectivity index (χ1v) is 7.89. The average Bonchev–Trinajstić information content (AvgIpc) is 3.11. The molecule has 0 saturated carbocycles. The zero-order chi connectivity index (χ0) is 15.9. The van der Waals surface area contributed by atoms with Gasteiger partial charge in [0.2, 0.25) is 5.89 Å². The van der Waals surface area contributed by atoms with E-state index < -0.39 is 0 Å². The maximum atomic E-state index is 4.94. The monoisotopic (exact) mass is 323 g/mol. The van der Waals surface area contributed by atoms with Gasteiger partial charge < -0.3 is 20.1 Å². The molecular formula is C13H21N7OS. The summed E-state index contributed by atoms with van der Waals surface area (Å²) in [5.41, 5.74) is 0.946. The van der Waals surface area contributed by atoms with Gasteiger partial charge >= 0.3 is 0 Å². The first kappa shape index (κ1) is 16.2. The van der Waals surface area contributed by atoms with Crippen LogP contribution < -0.4 is 15.5 Å². The molecule has 2 rings (SSSR count). The Morgan fingerprint density at radius 1 is 1.36 bits per heavy atom. The van der Waals surface area contributed by atoms with Crippen molar-refractivity contribution in [3.63, 3.8) is 0 Å². The number of thiazole rings is 1. The Morgan fingerprint density at radius 2 is 2.18 bits per heavy atom. The molecule has 9 heteroatoms. The van der Waals surface area contributed by atoms with E-state index in [-0.39, 0.29) is 0 Å². The molecule has 0 aliphatic heterocycles. The Kier molecular flexibility index (Phi) is 5.70. The summed E-state index contributed by atoms with van der Waals surface area (Å²) in [7, 11) is 3.95. The first-order valence-electron chi connectivity index (χ1n) is 7.01. The fraction of sp³-hybridized carbons (Fsp3) is 0.538. The van der Waals surface area contributed by atoms with Gasteiger partial charge in [0.05, 0.1) is 18.8 Å². The topological polar surface area (TPSA) is 91.5 Å². The van der Waals surface area contributed by atoms with Crippen molar-refractivity contribution in [2.75, 3.05) is 25.5 Å². The molecule has 0 fully saturated rings. The number of hydrogen-bond donors (Lipinski definition) is 2. The molecule has 0 unspecified atom stereocenters. The van der Waals surface area contributed by atoms with Crippen LogP contribution in [0.2, 0.25) is 0 Å². The zero-order valence-corrected chi connectivity index (χ0v) is 14.1. The molecule has 2 heterocycles. The van der Waals surface area contributed by atoms with Gasteiger partial charge in [-0.1, -0.05) is 5.16 Å². The van der Waals surface area contributed by atoms with Crippen LogP contribution in [-0.2, 0) is 13.1 Å². The van der Waals surface area contributed by atoms with Gasteiger partial charge in [0, 0.05) is 32.9 Å². The summed E-state index contributed by atoms with van der Waals surface area (Å²) in [6.45, 7) is 5.54. The lowest BCUT2D eigenvalue weighted by Crippen LogP contribution is -2.37. The number of aliphatic imine (C=N–C) groups is 1. The molecule has 0 aliphatic rings. The lowest BCUT2D eigenvalue weighted by atomic mass is 10.5. The van der Waals surface area contributed by atoms with Crippen LogP contribution in [0.3, 0.4) is 0 Å². The molecule has 22 heavy (non-hydrogen) atoms. The molecule has 0 amide bonds. The van der Waals surface area contributed by atoms with E-state index in [1.807, 2.05) is 31.3 Å². The molecule has 0 saturated heterocycles. The summed E-state index contributed by atoms with van der Waals surface area (Å²) < 4.78 is 4.94. The Bertz CT molecular complexity index is 619. The highest BCUT2D eigenvalue weighted by Crippen LogP contribution is 2.18. The predicted octanol–water partition coefficient (Wildman–Crippen LogP) is 1.16. The normalized spacial score (nSPS) is 11.5. The largest absolute Gasteiger partial charge is 0.357 e. The van der Waals surface area contributed by atoms with E-state index in [1.54, 1.807) is 18.3 Å². The van der Waals surface area contributed by atoms with E-state index in [1.165, 1.54) is 0 Å². The molecule has 2 aromatic rings. The van der Waals surface area contributed by atoms with Crippen LogP contribution >= 0.6 is 11.3 Å². The molecule has 0 aliphatic carbocycles. The second-order valence-corrected chi connectivity index (χ2v) is 5.63. The van der Waals surface area contributed by atoms with Gasteiger partial charge in [-0.05, 0) is 6.92 Å². The zero-order valence-electron chi connectivity index (χ0n) is 13.3. The van der Waals surface area contributed by atoms with Crippen molar-refractivity contribution >= 4 is 22.4 Å². The number of anilines is 1.